The quantitative estimate of drug-likeness (QED) is 0.841. The van der Waals surface area contributed by atoms with Crippen LogP contribution in [0.5, 0.6) is 0 Å². The number of nitrogens with zero attached hydrogens (tertiary/aromatic N) is 1. The van der Waals surface area contributed by atoms with Crippen LogP contribution in [0.3, 0.4) is 0 Å². The third kappa shape index (κ3) is 2.32. The first-order valence-electron chi connectivity index (χ1n) is 5.20. The van der Waals surface area contributed by atoms with Gasteiger partial charge in [0.2, 0.25) is 0 Å². The Hall–Kier alpha value is -2.20. The minimum atomic E-state index is -0.976. The van der Waals surface area contributed by atoms with Crippen LogP contribution in [0, 0.1) is 0 Å². The van der Waals surface area contributed by atoms with Crippen molar-refractivity contribution in [1.82, 2.24) is 4.98 Å². The Balaban J connectivity index is 2.43. The third-order valence-electron chi connectivity index (χ3n) is 2.52. The van der Waals surface area contributed by atoms with Crippen molar-refractivity contribution < 1.29 is 9.90 Å². The summed E-state index contributed by atoms with van der Waals surface area (Å²) in [5, 5.41) is 8.79. The van der Waals surface area contributed by atoms with Crippen molar-refractivity contribution in [3.63, 3.8) is 0 Å². The fourth-order valence-electron chi connectivity index (χ4n) is 1.63. The molecule has 2 aromatic rings. The van der Waals surface area contributed by atoms with E-state index >= 15 is 0 Å². The van der Waals surface area contributed by atoms with Crippen LogP contribution in [0.25, 0.3) is 11.3 Å². The zero-order chi connectivity index (χ0) is 12.3. The van der Waals surface area contributed by atoms with Crippen molar-refractivity contribution in [3.8, 4) is 11.3 Å². The minimum absolute atomic E-state index is 0.180. The largest absolute Gasteiger partial charge is 0.478 e. The molecule has 3 N–H and O–H groups in total. The zero-order valence-electron chi connectivity index (χ0n) is 9.13. The van der Waals surface area contributed by atoms with Gasteiger partial charge in [-0.2, -0.15) is 0 Å². The average molecular weight is 228 g/mol. The molecule has 0 aliphatic carbocycles. The molecule has 0 bridgehead atoms. The van der Waals surface area contributed by atoms with Crippen molar-refractivity contribution in [1.29, 1.82) is 0 Å². The lowest BCUT2D eigenvalue weighted by Gasteiger charge is -2.06. The van der Waals surface area contributed by atoms with E-state index in [9.17, 15) is 4.79 Å². The Kier molecular flexibility index (Phi) is 3.16. The van der Waals surface area contributed by atoms with E-state index in [1.807, 2.05) is 24.3 Å². The standard InChI is InChI=1S/C13H12N2O2/c14-7-9-3-1-2-4-11(9)12-6-5-10(8-15-12)13(16)17/h1-6,8H,7,14H2,(H,16,17). The van der Waals surface area contributed by atoms with Gasteiger partial charge in [0.05, 0.1) is 11.3 Å². The molecule has 2 rings (SSSR count). The average Bonchev–Trinajstić information content (AvgIpc) is 2.39. The Labute approximate surface area is 98.7 Å². The molecule has 0 fully saturated rings. The molecular weight excluding hydrogens is 216 g/mol. The van der Waals surface area contributed by atoms with Gasteiger partial charge in [-0.05, 0) is 17.7 Å². The molecule has 17 heavy (non-hydrogen) atoms. The summed E-state index contributed by atoms with van der Waals surface area (Å²) in [7, 11) is 0. The van der Waals surface area contributed by atoms with Crippen LogP contribution in [0.1, 0.15) is 15.9 Å². The fraction of sp³-hybridized carbons (Fsp3) is 0.0769. The molecule has 1 aromatic heterocycles. The predicted molar refractivity (Wildman–Crippen MR) is 64.5 cm³/mol. The summed E-state index contributed by atoms with van der Waals surface area (Å²) in [6, 6.07) is 10.9. The Bertz CT molecular complexity index is 535. The molecule has 1 aromatic carbocycles. The number of rotatable bonds is 3. The normalized spacial score (nSPS) is 10.2. The molecule has 0 spiro atoms. The van der Waals surface area contributed by atoms with Gasteiger partial charge in [-0.3, -0.25) is 4.98 Å². The van der Waals surface area contributed by atoms with Gasteiger partial charge in [0.1, 0.15) is 0 Å². The maximum absolute atomic E-state index is 10.7. The van der Waals surface area contributed by atoms with Gasteiger partial charge in [-0.1, -0.05) is 24.3 Å². The van der Waals surface area contributed by atoms with Gasteiger partial charge in [0.15, 0.2) is 0 Å². The third-order valence-corrected chi connectivity index (χ3v) is 2.52. The van der Waals surface area contributed by atoms with Crippen molar-refractivity contribution in [2.45, 2.75) is 6.54 Å². The second-order valence-electron chi connectivity index (χ2n) is 3.60. The number of hydrogen-bond donors (Lipinski definition) is 2. The van der Waals surface area contributed by atoms with E-state index in [1.54, 1.807) is 6.07 Å². The number of hydrogen-bond acceptors (Lipinski definition) is 3. The minimum Gasteiger partial charge on any atom is -0.478 e. The topological polar surface area (TPSA) is 76.2 Å². The number of carbonyl (C=O) groups is 1. The number of aromatic nitrogens is 1. The van der Waals surface area contributed by atoms with Crippen molar-refractivity contribution >= 4 is 5.97 Å². The van der Waals surface area contributed by atoms with Crippen LogP contribution in [-0.2, 0) is 6.54 Å². The molecule has 86 valence electrons. The molecule has 0 amide bonds. The molecule has 0 saturated heterocycles. The first-order chi connectivity index (χ1) is 8.22. The lowest BCUT2D eigenvalue weighted by atomic mass is 10.0. The van der Waals surface area contributed by atoms with E-state index in [-0.39, 0.29) is 5.56 Å². The van der Waals surface area contributed by atoms with Gasteiger partial charge in [-0.25, -0.2) is 4.79 Å². The molecular formula is C13H12N2O2. The SMILES string of the molecule is NCc1ccccc1-c1ccc(C(=O)O)cn1. The summed E-state index contributed by atoms with van der Waals surface area (Å²) >= 11 is 0. The molecule has 4 nitrogen and oxygen atoms in total. The summed E-state index contributed by atoms with van der Waals surface area (Å²) in [4.78, 5) is 14.9. The zero-order valence-corrected chi connectivity index (χ0v) is 9.13. The first-order valence-corrected chi connectivity index (χ1v) is 5.20. The van der Waals surface area contributed by atoms with Crippen LogP contribution in [0.2, 0.25) is 0 Å². The van der Waals surface area contributed by atoms with E-state index < -0.39 is 5.97 Å². The Morgan fingerprint density at radius 1 is 1.24 bits per heavy atom. The first kappa shape index (κ1) is 11.3. The van der Waals surface area contributed by atoms with Crippen molar-refractivity contribution in [3.05, 3.63) is 53.7 Å². The van der Waals surface area contributed by atoms with Crippen LogP contribution in [-0.4, -0.2) is 16.1 Å². The van der Waals surface area contributed by atoms with Gasteiger partial charge in [-0.15, -0.1) is 0 Å². The monoisotopic (exact) mass is 228 g/mol. The number of pyridine rings is 1. The molecule has 0 aliphatic heterocycles. The van der Waals surface area contributed by atoms with Crippen molar-refractivity contribution in [2.24, 2.45) is 5.73 Å². The van der Waals surface area contributed by atoms with Crippen LogP contribution >= 0.6 is 0 Å². The molecule has 0 atom stereocenters. The summed E-state index contributed by atoms with van der Waals surface area (Å²) in [5.74, 6) is -0.976. The summed E-state index contributed by atoms with van der Waals surface area (Å²) in [6.07, 6.45) is 1.35. The van der Waals surface area contributed by atoms with E-state index in [1.165, 1.54) is 12.3 Å². The maximum Gasteiger partial charge on any atom is 0.337 e. The Morgan fingerprint density at radius 2 is 2.00 bits per heavy atom. The predicted octanol–water partition coefficient (Wildman–Crippen LogP) is 1.91. The van der Waals surface area contributed by atoms with Gasteiger partial charge >= 0.3 is 5.97 Å². The lowest BCUT2D eigenvalue weighted by Crippen LogP contribution is -2.01. The molecule has 4 heteroatoms. The summed E-state index contributed by atoms with van der Waals surface area (Å²) < 4.78 is 0. The highest BCUT2D eigenvalue weighted by Crippen LogP contribution is 2.21. The molecule has 0 aliphatic rings. The van der Waals surface area contributed by atoms with Gasteiger partial charge in [0, 0.05) is 18.3 Å². The van der Waals surface area contributed by atoms with Gasteiger partial charge < -0.3 is 10.8 Å². The van der Waals surface area contributed by atoms with Crippen molar-refractivity contribution in [2.75, 3.05) is 0 Å². The highest BCUT2D eigenvalue weighted by molar-refractivity contribution is 5.87. The van der Waals surface area contributed by atoms with Crippen LogP contribution in [0.4, 0.5) is 0 Å². The highest BCUT2D eigenvalue weighted by Gasteiger charge is 2.06. The molecule has 0 unspecified atom stereocenters. The molecule has 0 radical (unpaired) electrons. The Morgan fingerprint density at radius 3 is 2.59 bits per heavy atom. The number of carboxylic acids is 1. The highest BCUT2D eigenvalue weighted by atomic mass is 16.4. The van der Waals surface area contributed by atoms with E-state index in [2.05, 4.69) is 4.98 Å². The second-order valence-corrected chi connectivity index (χ2v) is 3.60. The lowest BCUT2D eigenvalue weighted by molar-refractivity contribution is 0.0696. The number of aromatic carboxylic acids is 1. The second kappa shape index (κ2) is 4.76. The van der Waals surface area contributed by atoms with Crippen LogP contribution < -0.4 is 5.73 Å². The maximum atomic E-state index is 10.7. The fourth-order valence-corrected chi connectivity index (χ4v) is 1.63. The van der Waals surface area contributed by atoms with E-state index in [4.69, 9.17) is 10.8 Å². The molecule has 0 saturated carbocycles. The number of carboxylic acid groups (broad SMARTS) is 1. The molecule has 1 heterocycles. The van der Waals surface area contributed by atoms with Crippen LogP contribution in [0.15, 0.2) is 42.6 Å². The van der Waals surface area contributed by atoms with Gasteiger partial charge in [0.25, 0.3) is 0 Å². The van der Waals surface area contributed by atoms with E-state index in [0.29, 0.717) is 6.54 Å². The van der Waals surface area contributed by atoms with E-state index in [0.717, 1.165) is 16.8 Å². The number of nitrogens with two attached hydrogens (primary N) is 1. The summed E-state index contributed by atoms with van der Waals surface area (Å²) in [6.45, 7) is 0.429. The number of benzene rings is 1. The summed E-state index contributed by atoms with van der Waals surface area (Å²) in [5.41, 5.74) is 8.48. The smallest absolute Gasteiger partial charge is 0.337 e.